The molecular formula is C21H26N4O5. The van der Waals surface area contributed by atoms with E-state index in [1.807, 2.05) is 13.0 Å². The van der Waals surface area contributed by atoms with Crippen LogP contribution >= 0.6 is 0 Å². The van der Waals surface area contributed by atoms with Gasteiger partial charge in [0.2, 0.25) is 0 Å². The van der Waals surface area contributed by atoms with Crippen molar-refractivity contribution in [3.8, 4) is 16.9 Å². The maximum Gasteiger partial charge on any atom is 0.435 e. The zero-order valence-corrected chi connectivity index (χ0v) is 17.8. The molecule has 0 radical (unpaired) electrons. The number of carbonyl (C=O) groups is 1. The third-order valence-corrected chi connectivity index (χ3v) is 4.01. The van der Waals surface area contributed by atoms with Crippen molar-refractivity contribution in [1.82, 2.24) is 19.7 Å². The minimum atomic E-state index is -0.632. The van der Waals surface area contributed by atoms with Crippen LogP contribution in [0.1, 0.15) is 26.6 Å². The van der Waals surface area contributed by atoms with Crippen LogP contribution in [0, 0.1) is 6.92 Å². The zero-order chi connectivity index (χ0) is 21.7. The molecule has 0 unspecified atom stereocenters. The molecule has 9 heteroatoms. The number of carbonyl (C=O) groups excluding carboxylic acids is 1. The number of rotatable bonds is 7. The summed E-state index contributed by atoms with van der Waals surface area (Å²) in [6.45, 7) is 8.08. The van der Waals surface area contributed by atoms with Gasteiger partial charge in [-0.1, -0.05) is 0 Å². The largest absolute Gasteiger partial charge is 0.490 e. The summed E-state index contributed by atoms with van der Waals surface area (Å²) in [5, 5.41) is 4.97. The first kappa shape index (κ1) is 21.7. The Kier molecular flexibility index (Phi) is 6.63. The fourth-order valence-corrected chi connectivity index (χ4v) is 2.73. The van der Waals surface area contributed by atoms with Gasteiger partial charge in [0.25, 0.3) is 0 Å². The molecule has 0 saturated carbocycles. The second-order valence-electron chi connectivity index (χ2n) is 7.63. The number of fused-ring (bicyclic) bond motifs is 1. The van der Waals surface area contributed by atoms with E-state index >= 15 is 0 Å². The Morgan fingerprint density at radius 1 is 1.10 bits per heavy atom. The Balaban J connectivity index is 1.98. The first-order valence-electron chi connectivity index (χ1n) is 9.52. The molecule has 0 spiro atoms. The van der Waals surface area contributed by atoms with Crippen molar-refractivity contribution in [2.45, 2.75) is 33.3 Å². The lowest BCUT2D eigenvalue weighted by Gasteiger charge is -2.19. The molecule has 0 fully saturated rings. The smallest absolute Gasteiger partial charge is 0.435 e. The van der Waals surface area contributed by atoms with Crippen molar-refractivity contribution in [3.05, 3.63) is 36.5 Å². The predicted molar refractivity (Wildman–Crippen MR) is 110 cm³/mol. The van der Waals surface area contributed by atoms with Gasteiger partial charge in [-0.15, -0.1) is 0 Å². The van der Waals surface area contributed by atoms with Gasteiger partial charge in [-0.2, -0.15) is 9.78 Å². The number of hydrogen-bond acceptors (Lipinski definition) is 8. The van der Waals surface area contributed by atoms with Crippen LogP contribution in [0.5, 0.6) is 5.75 Å². The summed E-state index contributed by atoms with van der Waals surface area (Å²) in [6.07, 6.45) is 4.52. The predicted octanol–water partition coefficient (Wildman–Crippen LogP) is 3.58. The zero-order valence-electron chi connectivity index (χ0n) is 17.8. The van der Waals surface area contributed by atoms with Gasteiger partial charge >= 0.3 is 6.09 Å². The minimum absolute atomic E-state index is 0.187. The highest BCUT2D eigenvalue weighted by atomic mass is 16.7. The van der Waals surface area contributed by atoms with E-state index < -0.39 is 11.7 Å². The van der Waals surface area contributed by atoms with Gasteiger partial charge in [-0.3, -0.25) is 0 Å². The molecule has 0 aliphatic carbocycles. The Morgan fingerprint density at radius 3 is 2.50 bits per heavy atom. The lowest BCUT2D eigenvalue weighted by molar-refractivity contribution is -0.0387. The van der Waals surface area contributed by atoms with Gasteiger partial charge < -0.3 is 18.9 Å². The van der Waals surface area contributed by atoms with E-state index in [1.165, 1.54) is 4.68 Å². The van der Waals surface area contributed by atoms with Gasteiger partial charge in [0.05, 0.1) is 18.3 Å². The maximum atomic E-state index is 12.6. The molecule has 2 heterocycles. The van der Waals surface area contributed by atoms with Crippen LogP contribution in [0.4, 0.5) is 4.79 Å². The average molecular weight is 414 g/mol. The highest BCUT2D eigenvalue weighted by molar-refractivity contribution is 5.93. The van der Waals surface area contributed by atoms with Crippen molar-refractivity contribution >= 4 is 17.0 Å². The highest BCUT2D eigenvalue weighted by Gasteiger charge is 2.21. The molecule has 9 nitrogen and oxygen atoms in total. The van der Waals surface area contributed by atoms with Crippen molar-refractivity contribution in [1.29, 1.82) is 0 Å². The van der Waals surface area contributed by atoms with Gasteiger partial charge in [-0.25, -0.2) is 14.8 Å². The first-order chi connectivity index (χ1) is 14.3. The minimum Gasteiger partial charge on any atom is -0.490 e. The molecule has 30 heavy (non-hydrogen) atoms. The SMILES string of the molecule is COCOCCOc1cc2c(cnn2C(=O)OC(C)(C)C)cc1-c1cnc(C)nc1. The standard InChI is InChI=1S/C21H26N4O5/c1-14-22-10-16(11-23-14)17-8-15-12-24-25(20(26)30-21(2,3)4)18(15)9-19(17)29-7-6-28-13-27-5/h8-12H,6-7,13H2,1-5H3. The molecule has 0 saturated heterocycles. The number of ether oxygens (including phenoxy) is 4. The molecule has 0 aliphatic heterocycles. The second kappa shape index (κ2) is 9.19. The summed E-state index contributed by atoms with van der Waals surface area (Å²) in [5.41, 5.74) is 1.53. The third-order valence-electron chi connectivity index (χ3n) is 4.01. The maximum absolute atomic E-state index is 12.6. The number of hydrogen-bond donors (Lipinski definition) is 0. The summed E-state index contributed by atoms with van der Waals surface area (Å²) < 4.78 is 22.8. The van der Waals surface area contributed by atoms with E-state index in [4.69, 9.17) is 18.9 Å². The fraction of sp³-hybridized carbons (Fsp3) is 0.429. The van der Waals surface area contributed by atoms with Crippen LogP contribution in [0.2, 0.25) is 0 Å². The van der Waals surface area contributed by atoms with E-state index in [9.17, 15) is 4.79 Å². The number of benzene rings is 1. The quantitative estimate of drug-likeness (QED) is 0.427. The van der Waals surface area contributed by atoms with Gasteiger partial charge in [0.1, 0.15) is 30.6 Å². The average Bonchev–Trinajstić information content (AvgIpc) is 3.09. The Labute approximate surface area is 174 Å². The van der Waals surface area contributed by atoms with Gasteiger partial charge in [-0.05, 0) is 33.8 Å². The summed E-state index contributed by atoms with van der Waals surface area (Å²) in [7, 11) is 1.56. The van der Waals surface area contributed by atoms with Crippen molar-refractivity contribution < 1.29 is 23.7 Å². The van der Waals surface area contributed by atoms with E-state index in [-0.39, 0.29) is 6.79 Å². The normalized spacial score (nSPS) is 11.6. The lowest BCUT2D eigenvalue weighted by Crippen LogP contribution is -2.27. The molecule has 0 aliphatic rings. The van der Waals surface area contributed by atoms with Gasteiger partial charge in [0.15, 0.2) is 0 Å². The Hall–Kier alpha value is -3.04. The molecule has 160 valence electrons. The van der Waals surface area contributed by atoms with E-state index in [1.54, 1.807) is 52.5 Å². The molecule has 1 aromatic carbocycles. The summed E-state index contributed by atoms with van der Waals surface area (Å²) in [6, 6.07) is 3.65. The van der Waals surface area contributed by atoms with Crippen LogP contribution < -0.4 is 4.74 Å². The van der Waals surface area contributed by atoms with Crippen molar-refractivity contribution in [2.24, 2.45) is 0 Å². The Morgan fingerprint density at radius 2 is 1.83 bits per heavy atom. The first-order valence-corrected chi connectivity index (χ1v) is 9.52. The Bertz CT molecular complexity index is 1010. The second-order valence-corrected chi connectivity index (χ2v) is 7.63. The van der Waals surface area contributed by atoms with Crippen LogP contribution in [-0.2, 0) is 14.2 Å². The lowest BCUT2D eigenvalue weighted by atomic mass is 10.1. The van der Waals surface area contributed by atoms with E-state index in [0.29, 0.717) is 30.3 Å². The van der Waals surface area contributed by atoms with E-state index in [0.717, 1.165) is 16.5 Å². The molecule has 3 aromatic rings. The molecule has 0 bridgehead atoms. The summed E-state index contributed by atoms with van der Waals surface area (Å²) >= 11 is 0. The number of aryl methyl sites for hydroxylation is 1. The van der Waals surface area contributed by atoms with Crippen LogP contribution in [0.15, 0.2) is 30.7 Å². The number of aromatic nitrogens is 4. The summed E-state index contributed by atoms with van der Waals surface area (Å²) in [4.78, 5) is 21.1. The molecule has 3 rings (SSSR count). The number of methoxy groups -OCH3 is 1. The monoisotopic (exact) mass is 414 g/mol. The van der Waals surface area contributed by atoms with Crippen molar-refractivity contribution in [2.75, 3.05) is 27.1 Å². The van der Waals surface area contributed by atoms with Crippen LogP contribution in [0.25, 0.3) is 22.0 Å². The van der Waals surface area contributed by atoms with Crippen molar-refractivity contribution in [3.63, 3.8) is 0 Å². The summed E-state index contributed by atoms with van der Waals surface area (Å²) in [5.74, 6) is 1.23. The number of nitrogens with zero attached hydrogens (tertiary/aromatic N) is 4. The molecule has 0 N–H and O–H groups in total. The van der Waals surface area contributed by atoms with E-state index in [2.05, 4.69) is 15.1 Å². The highest BCUT2D eigenvalue weighted by Crippen LogP contribution is 2.34. The molecule has 0 amide bonds. The van der Waals surface area contributed by atoms with Crippen LogP contribution in [-0.4, -0.2) is 58.6 Å². The molecule has 2 aromatic heterocycles. The van der Waals surface area contributed by atoms with Crippen LogP contribution in [0.3, 0.4) is 0 Å². The fourth-order valence-electron chi connectivity index (χ4n) is 2.73. The van der Waals surface area contributed by atoms with Gasteiger partial charge in [0, 0.05) is 42.1 Å². The molecular weight excluding hydrogens is 388 g/mol. The topological polar surface area (TPSA) is 97.6 Å². The molecule has 0 atom stereocenters. The third kappa shape index (κ3) is 5.31.